The quantitative estimate of drug-likeness (QED) is 0.443. The second-order valence-corrected chi connectivity index (χ2v) is 9.81. The zero-order chi connectivity index (χ0) is 24.6. The molecule has 2 heterocycles. The zero-order valence-corrected chi connectivity index (χ0v) is 20.5. The number of nitrogens with one attached hydrogen (secondary N) is 1. The molecule has 2 N–H and O–H groups in total. The molecule has 3 rings (SSSR count). The van der Waals surface area contributed by atoms with Gasteiger partial charge in [-0.2, -0.15) is 0 Å². The largest absolute Gasteiger partial charge is 0.573 e. The highest BCUT2D eigenvalue weighted by atomic mass is 127. The summed E-state index contributed by atoms with van der Waals surface area (Å²) < 4.78 is 44.5. The molecule has 0 spiro atoms. The van der Waals surface area contributed by atoms with E-state index in [2.05, 4.69) is 32.6 Å². The summed E-state index contributed by atoms with van der Waals surface area (Å²) in [6.07, 6.45) is -4.58. The molecule has 1 aliphatic rings. The monoisotopic (exact) mass is 579 g/mol. The maximum absolute atomic E-state index is 12.6. The third kappa shape index (κ3) is 5.92. The molecule has 11 heteroatoms. The van der Waals surface area contributed by atoms with Crippen LogP contribution in [0.4, 0.5) is 18.0 Å². The van der Waals surface area contributed by atoms with Crippen molar-refractivity contribution >= 4 is 34.6 Å². The standard InChI is InChI=1S/C22H25F3IN3O4/c1-21(2,3)28(20(31)32)9-5-7-14-12-27-19(30)17-11-16(18(26)29(14)17)13-6-4-8-15(10-13)33-22(23,24)25/h4,6,8,10-11,14H,5,7,9,12H2,1-3H3,(H,27,30)(H,31,32)/t14-/m0/s1. The molecule has 2 amide bonds. The first-order valence-electron chi connectivity index (χ1n) is 10.3. The van der Waals surface area contributed by atoms with Gasteiger partial charge in [0.2, 0.25) is 0 Å². The van der Waals surface area contributed by atoms with Crippen molar-refractivity contribution in [3.63, 3.8) is 0 Å². The van der Waals surface area contributed by atoms with E-state index in [1.165, 1.54) is 23.1 Å². The summed E-state index contributed by atoms with van der Waals surface area (Å²) in [4.78, 5) is 25.5. The number of carbonyl (C=O) groups is 2. The van der Waals surface area contributed by atoms with Crippen molar-refractivity contribution in [1.82, 2.24) is 14.8 Å². The van der Waals surface area contributed by atoms with Gasteiger partial charge in [-0.05, 0) is 80.0 Å². The molecule has 2 aromatic rings. The van der Waals surface area contributed by atoms with Crippen molar-refractivity contribution < 1.29 is 32.6 Å². The van der Waals surface area contributed by atoms with Gasteiger partial charge in [-0.25, -0.2) is 4.79 Å². The molecule has 1 aliphatic heterocycles. The van der Waals surface area contributed by atoms with E-state index in [1.807, 2.05) is 25.3 Å². The number of nitrogens with zero attached hydrogens (tertiary/aromatic N) is 2. The minimum atomic E-state index is -4.80. The maximum atomic E-state index is 12.6. The molecule has 0 saturated heterocycles. The summed E-state index contributed by atoms with van der Waals surface area (Å²) >= 11 is 2.09. The van der Waals surface area contributed by atoms with Gasteiger partial charge < -0.3 is 24.6 Å². The van der Waals surface area contributed by atoms with E-state index in [1.54, 1.807) is 12.1 Å². The number of rotatable bonds is 6. The molecule has 0 fully saturated rings. The van der Waals surface area contributed by atoms with Crippen LogP contribution in [0.5, 0.6) is 5.75 Å². The van der Waals surface area contributed by atoms with Crippen molar-refractivity contribution in [2.45, 2.75) is 51.6 Å². The predicted octanol–water partition coefficient (Wildman–Crippen LogP) is 5.50. The van der Waals surface area contributed by atoms with E-state index in [-0.39, 0.29) is 17.7 Å². The van der Waals surface area contributed by atoms with Crippen molar-refractivity contribution in [1.29, 1.82) is 0 Å². The van der Waals surface area contributed by atoms with Gasteiger partial charge in [0, 0.05) is 24.2 Å². The van der Waals surface area contributed by atoms with Gasteiger partial charge in [0.1, 0.15) is 11.4 Å². The summed E-state index contributed by atoms with van der Waals surface area (Å²) in [6, 6.07) is 7.19. The van der Waals surface area contributed by atoms with Gasteiger partial charge in [-0.1, -0.05) is 12.1 Å². The molecule has 0 radical (unpaired) electrons. The highest BCUT2D eigenvalue weighted by molar-refractivity contribution is 14.1. The maximum Gasteiger partial charge on any atom is 0.573 e. The Morgan fingerprint density at radius 1 is 1.30 bits per heavy atom. The zero-order valence-electron chi connectivity index (χ0n) is 18.4. The number of ether oxygens (including phenoxy) is 1. The van der Waals surface area contributed by atoms with Gasteiger partial charge >= 0.3 is 12.5 Å². The number of hydrogen-bond donors (Lipinski definition) is 2. The van der Waals surface area contributed by atoms with E-state index in [0.717, 1.165) is 3.70 Å². The van der Waals surface area contributed by atoms with Crippen LogP contribution in [0.2, 0.25) is 0 Å². The van der Waals surface area contributed by atoms with E-state index in [9.17, 15) is 27.9 Å². The van der Waals surface area contributed by atoms with Crippen LogP contribution in [0.15, 0.2) is 30.3 Å². The van der Waals surface area contributed by atoms with Crippen LogP contribution in [0, 0.1) is 3.70 Å². The average molecular weight is 579 g/mol. The number of amides is 2. The third-order valence-electron chi connectivity index (χ3n) is 5.41. The molecule has 1 atom stereocenters. The number of carbonyl (C=O) groups excluding carboxylic acids is 1. The fraction of sp³-hybridized carbons (Fsp3) is 0.455. The lowest BCUT2D eigenvalue weighted by Gasteiger charge is -2.34. The Labute approximate surface area is 203 Å². The van der Waals surface area contributed by atoms with Crippen molar-refractivity contribution in [3.8, 4) is 16.9 Å². The van der Waals surface area contributed by atoms with Crippen LogP contribution in [-0.4, -0.2) is 51.6 Å². The first kappa shape index (κ1) is 25.2. The lowest BCUT2D eigenvalue weighted by atomic mass is 10.0. The van der Waals surface area contributed by atoms with Crippen LogP contribution >= 0.6 is 22.6 Å². The number of halogens is 4. The van der Waals surface area contributed by atoms with Gasteiger partial charge in [-0.3, -0.25) is 4.79 Å². The molecule has 33 heavy (non-hydrogen) atoms. The molecular formula is C22H25F3IN3O4. The number of alkyl halides is 3. The topological polar surface area (TPSA) is 83.8 Å². The Hall–Kier alpha value is -2.44. The molecule has 1 aromatic carbocycles. The lowest BCUT2D eigenvalue weighted by molar-refractivity contribution is -0.274. The number of carboxylic acid groups (broad SMARTS) is 1. The Morgan fingerprint density at radius 3 is 2.61 bits per heavy atom. The summed E-state index contributed by atoms with van der Waals surface area (Å²) in [7, 11) is 0. The molecule has 0 saturated carbocycles. The number of fused-ring (bicyclic) bond motifs is 1. The minimum absolute atomic E-state index is 0.108. The van der Waals surface area contributed by atoms with Crippen LogP contribution in [0.25, 0.3) is 11.1 Å². The normalized spacial score (nSPS) is 16.2. The number of hydrogen-bond acceptors (Lipinski definition) is 3. The van der Waals surface area contributed by atoms with Gasteiger partial charge in [0.15, 0.2) is 0 Å². The van der Waals surface area contributed by atoms with E-state index in [4.69, 9.17) is 0 Å². The lowest BCUT2D eigenvalue weighted by Crippen LogP contribution is -2.45. The molecule has 7 nitrogen and oxygen atoms in total. The second-order valence-electron chi connectivity index (χ2n) is 8.79. The summed E-state index contributed by atoms with van der Waals surface area (Å²) in [5, 5.41) is 12.3. The highest BCUT2D eigenvalue weighted by Crippen LogP contribution is 2.36. The number of aromatic nitrogens is 1. The summed E-state index contributed by atoms with van der Waals surface area (Å²) in [5.74, 6) is -0.600. The van der Waals surface area contributed by atoms with Crippen LogP contribution < -0.4 is 10.1 Å². The molecule has 180 valence electrons. The molecule has 1 aromatic heterocycles. The number of benzene rings is 1. The predicted molar refractivity (Wildman–Crippen MR) is 124 cm³/mol. The Morgan fingerprint density at radius 2 is 2.00 bits per heavy atom. The van der Waals surface area contributed by atoms with Crippen LogP contribution in [0.3, 0.4) is 0 Å². The summed E-state index contributed by atoms with van der Waals surface area (Å²) in [6.45, 7) is 6.23. The van der Waals surface area contributed by atoms with E-state index in [0.29, 0.717) is 42.8 Å². The van der Waals surface area contributed by atoms with Crippen LogP contribution in [0.1, 0.15) is 50.1 Å². The van der Waals surface area contributed by atoms with E-state index >= 15 is 0 Å². The third-order valence-corrected chi connectivity index (χ3v) is 6.51. The first-order chi connectivity index (χ1) is 15.3. The summed E-state index contributed by atoms with van der Waals surface area (Å²) in [5.41, 5.74) is 1.01. The molecule has 0 aliphatic carbocycles. The SMILES string of the molecule is CC(C)(C)N(CCC[C@H]1CNC(=O)c2cc(-c3cccc(OC(F)(F)F)c3)c(I)n21)C(=O)O. The van der Waals surface area contributed by atoms with E-state index < -0.39 is 18.0 Å². The van der Waals surface area contributed by atoms with Crippen molar-refractivity contribution in [3.05, 3.63) is 39.7 Å². The highest BCUT2D eigenvalue weighted by Gasteiger charge is 2.32. The van der Waals surface area contributed by atoms with Crippen molar-refractivity contribution in [2.75, 3.05) is 13.1 Å². The van der Waals surface area contributed by atoms with Crippen molar-refractivity contribution in [2.24, 2.45) is 0 Å². The average Bonchev–Trinajstić information content (AvgIpc) is 3.03. The smallest absolute Gasteiger partial charge is 0.465 e. The molecule has 0 unspecified atom stereocenters. The Balaban J connectivity index is 1.85. The molecular weight excluding hydrogens is 554 g/mol. The Kier molecular flexibility index (Phi) is 7.20. The second kappa shape index (κ2) is 9.43. The molecule has 0 bridgehead atoms. The Bertz CT molecular complexity index is 1050. The first-order valence-corrected chi connectivity index (χ1v) is 11.4. The fourth-order valence-corrected chi connectivity index (χ4v) is 5.04. The van der Waals surface area contributed by atoms with Crippen LogP contribution in [-0.2, 0) is 0 Å². The fourth-order valence-electron chi connectivity index (χ4n) is 3.92. The van der Waals surface area contributed by atoms with Gasteiger partial charge in [-0.15, -0.1) is 13.2 Å². The van der Waals surface area contributed by atoms with Gasteiger partial charge in [0.05, 0.1) is 9.74 Å². The van der Waals surface area contributed by atoms with Gasteiger partial charge in [0.25, 0.3) is 5.91 Å². The minimum Gasteiger partial charge on any atom is -0.465 e.